The van der Waals surface area contributed by atoms with Gasteiger partial charge in [0.1, 0.15) is 0 Å². The van der Waals surface area contributed by atoms with Crippen LogP contribution in [-0.4, -0.2) is 30.4 Å². The number of halogens is 4. The minimum atomic E-state index is -4.39. The van der Waals surface area contributed by atoms with E-state index in [0.717, 1.165) is 12.1 Å². The van der Waals surface area contributed by atoms with Crippen LogP contribution < -0.4 is 5.73 Å². The van der Waals surface area contributed by atoms with Crippen molar-refractivity contribution in [3.63, 3.8) is 0 Å². The predicted octanol–water partition coefficient (Wildman–Crippen LogP) is 2.55. The zero-order chi connectivity index (χ0) is 13.9. The summed E-state index contributed by atoms with van der Waals surface area (Å²) in [5, 5.41) is 0. The van der Waals surface area contributed by atoms with Crippen LogP contribution in [0.5, 0.6) is 0 Å². The molecule has 0 saturated heterocycles. The molecule has 0 spiro atoms. The molecule has 0 aliphatic rings. The summed E-state index contributed by atoms with van der Waals surface area (Å²) >= 11 is 0. The van der Waals surface area contributed by atoms with Crippen molar-refractivity contribution in [3.8, 4) is 0 Å². The molecule has 108 valence electrons. The Bertz CT molecular complexity index is 420. The van der Waals surface area contributed by atoms with E-state index < -0.39 is 11.7 Å². The fourth-order valence-electron chi connectivity index (χ4n) is 1.36. The van der Waals surface area contributed by atoms with Gasteiger partial charge in [0.2, 0.25) is 0 Å². The van der Waals surface area contributed by atoms with E-state index in [9.17, 15) is 18.0 Å². The number of amides is 1. The van der Waals surface area contributed by atoms with Gasteiger partial charge in [0, 0.05) is 25.2 Å². The highest BCUT2D eigenvalue weighted by Gasteiger charge is 2.30. The summed E-state index contributed by atoms with van der Waals surface area (Å²) in [6.45, 7) is 2.06. The van der Waals surface area contributed by atoms with Gasteiger partial charge in [0.05, 0.1) is 5.56 Å². The maximum absolute atomic E-state index is 12.4. The van der Waals surface area contributed by atoms with Gasteiger partial charge in [-0.25, -0.2) is 0 Å². The third-order valence-corrected chi connectivity index (χ3v) is 2.78. The first-order valence-electron chi connectivity index (χ1n) is 5.42. The average Bonchev–Trinajstić information content (AvgIpc) is 2.35. The van der Waals surface area contributed by atoms with Crippen LogP contribution in [-0.2, 0) is 6.18 Å². The first kappa shape index (κ1) is 17.7. The Hall–Kier alpha value is -1.27. The summed E-state index contributed by atoms with van der Waals surface area (Å²) in [5.74, 6) is -0.346. The zero-order valence-corrected chi connectivity index (χ0v) is 11.4. The van der Waals surface area contributed by atoms with Crippen molar-refractivity contribution in [1.82, 2.24) is 4.90 Å². The minimum absolute atomic E-state index is 0. The Balaban J connectivity index is 0.00000324. The molecular weight excluding hydrogens is 281 g/mol. The van der Waals surface area contributed by atoms with Crippen LogP contribution in [0.2, 0.25) is 0 Å². The van der Waals surface area contributed by atoms with E-state index >= 15 is 0 Å². The van der Waals surface area contributed by atoms with Crippen LogP contribution in [0.4, 0.5) is 13.2 Å². The molecule has 7 heteroatoms. The van der Waals surface area contributed by atoms with Crippen LogP contribution in [0.1, 0.15) is 22.8 Å². The highest BCUT2D eigenvalue weighted by Crippen LogP contribution is 2.29. The summed E-state index contributed by atoms with van der Waals surface area (Å²) in [7, 11) is 1.57. The average molecular weight is 297 g/mol. The van der Waals surface area contributed by atoms with Crippen molar-refractivity contribution >= 4 is 18.3 Å². The van der Waals surface area contributed by atoms with Gasteiger partial charge in [-0.15, -0.1) is 12.4 Å². The Morgan fingerprint density at radius 1 is 1.32 bits per heavy atom. The van der Waals surface area contributed by atoms with E-state index in [0.29, 0.717) is 6.54 Å². The van der Waals surface area contributed by atoms with Crippen molar-refractivity contribution in [3.05, 3.63) is 35.4 Å². The monoisotopic (exact) mass is 296 g/mol. The van der Waals surface area contributed by atoms with Gasteiger partial charge in [0.15, 0.2) is 0 Å². The van der Waals surface area contributed by atoms with Crippen LogP contribution in [0.15, 0.2) is 24.3 Å². The van der Waals surface area contributed by atoms with Crippen molar-refractivity contribution in [2.75, 3.05) is 13.6 Å². The van der Waals surface area contributed by atoms with E-state index in [-0.39, 0.29) is 29.9 Å². The Morgan fingerprint density at radius 3 is 2.16 bits per heavy atom. The normalized spacial score (nSPS) is 12.5. The highest BCUT2D eigenvalue weighted by atomic mass is 35.5. The highest BCUT2D eigenvalue weighted by molar-refractivity contribution is 5.94. The maximum atomic E-state index is 12.4. The molecule has 0 aromatic heterocycles. The summed E-state index contributed by atoms with van der Waals surface area (Å²) in [6.07, 6.45) is -4.39. The fourth-order valence-corrected chi connectivity index (χ4v) is 1.36. The molecule has 0 aliphatic carbocycles. The number of hydrogen-bond acceptors (Lipinski definition) is 2. The molecule has 1 amide bonds. The number of alkyl halides is 3. The van der Waals surface area contributed by atoms with Crippen molar-refractivity contribution in [2.24, 2.45) is 5.73 Å². The topological polar surface area (TPSA) is 46.3 Å². The molecule has 1 aromatic carbocycles. The van der Waals surface area contributed by atoms with Gasteiger partial charge >= 0.3 is 6.18 Å². The molecule has 0 bridgehead atoms. The molecule has 0 aliphatic heterocycles. The number of carbonyl (C=O) groups excluding carboxylic acids is 1. The second-order valence-corrected chi connectivity index (χ2v) is 4.08. The number of nitrogens with zero attached hydrogens (tertiary/aromatic N) is 1. The summed E-state index contributed by atoms with van der Waals surface area (Å²) < 4.78 is 37.1. The smallest absolute Gasteiger partial charge is 0.338 e. The van der Waals surface area contributed by atoms with Gasteiger partial charge < -0.3 is 10.6 Å². The maximum Gasteiger partial charge on any atom is 0.416 e. The third kappa shape index (κ3) is 4.40. The molecule has 19 heavy (non-hydrogen) atoms. The zero-order valence-electron chi connectivity index (χ0n) is 10.6. The molecular formula is C12H16ClF3N2O. The van der Waals surface area contributed by atoms with Crippen molar-refractivity contribution in [2.45, 2.75) is 19.1 Å². The number of carbonyl (C=O) groups is 1. The molecule has 1 unspecified atom stereocenters. The first-order valence-corrected chi connectivity index (χ1v) is 5.42. The van der Waals surface area contributed by atoms with Gasteiger partial charge in [-0.2, -0.15) is 13.2 Å². The van der Waals surface area contributed by atoms with Crippen molar-refractivity contribution in [1.29, 1.82) is 0 Å². The lowest BCUT2D eigenvalue weighted by Gasteiger charge is -2.23. The van der Waals surface area contributed by atoms with Gasteiger partial charge in [0.25, 0.3) is 5.91 Å². The lowest BCUT2D eigenvalue weighted by molar-refractivity contribution is -0.137. The Kier molecular flexibility index (Phi) is 6.32. The Morgan fingerprint density at radius 2 is 1.79 bits per heavy atom. The van der Waals surface area contributed by atoms with E-state index in [4.69, 9.17) is 5.73 Å². The lowest BCUT2D eigenvalue weighted by atomic mass is 10.1. The summed E-state index contributed by atoms with van der Waals surface area (Å²) in [6, 6.07) is 3.97. The van der Waals surface area contributed by atoms with Gasteiger partial charge in [-0.1, -0.05) is 0 Å². The van der Waals surface area contributed by atoms with E-state index in [2.05, 4.69) is 0 Å². The molecule has 0 fully saturated rings. The molecule has 0 saturated carbocycles. The van der Waals surface area contributed by atoms with E-state index in [1.807, 2.05) is 0 Å². The van der Waals surface area contributed by atoms with E-state index in [1.54, 1.807) is 14.0 Å². The third-order valence-electron chi connectivity index (χ3n) is 2.78. The lowest BCUT2D eigenvalue weighted by Crippen LogP contribution is -2.39. The number of hydrogen-bond donors (Lipinski definition) is 1. The molecule has 2 N–H and O–H groups in total. The second-order valence-electron chi connectivity index (χ2n) is 4.08. The first-order chi connectivity index (χ1) is 8.27. The summed E-state index contributed by atoms with van der Waals surface area (Å²) in [5.41, 5.74) is 4.87. The number of likely N-dealkylation sites (N-methyl/N-ethyl adjacent to an activating group) is 1. The molecule has 1 rings (SSSR count). The van der Waals surface area contributed by atoms with Gasteiger partial charge in [-0.3, -0.25) is 4.79 Å². The Labute approximate surface area is 116 Å². The van der Waals surface area contributed by atoms with E-state index in [1.165, 1.54) is 17.0 Å². The minimum Gasteiger partial charge on any atom is -0.338 e. The second kappa shape index (κ2) is 6.77. The largest absolute Gasteiger partial charge is 0.416 e. The number of benzene rings is 1. The van der Waals surface area contributed by atoms with Crippen LogP contribution in [0.3, 0.4) is 0 Å². The molecule has 1 atom stereocenters. The molecule has 1 aromatic rings. The molecule has 0 heterocycles. The fraction of sp³-hybridized carbons (Fsp3) is 0.417. The molecule has 0 radical (unpaired) electrons. The van der Waals surface area contributed by atoms with Crippen LogP contribution >= 0.6 is 12.4 Å². The van der Waals surface area contributed by atoms with Crippen LogP contribution in [0, 0.1) is 0 Å². The van der Waals surface area contributed by atoms with Gasteiger partial charge in [-0.05, 0) is 31.2 Å². The molecule has 3 nitrogen and oxygen atoms in total. The quantitative estimate of drug-likeness (QED) is 0.932. The number of rotatable bonds is 3. The number of nitrogens with two attached hydrogens (primary N) is 1. The summed E-state index contributed by atoms with van der Waals surface area (Å²) in [4.78, 5) is 13.3. The standard InChI is InChI=1S/C12H15F3N2O.ClH/c1-8(7-16)17(2)11(18)9-3-5-10(6-4-9)12(13,14)15;/h3-6,8H,7,16H2,1-2H3;1H. The SMILES string of the molecule is CC(CN)N(C)C(=O)c1ccc(C(F)(F)F)cc1.Cl. The predicted molar refractivity (Wildman–Crippen MR) is 69.3 cm³/mol. The van der Waals surface area contributed by atoms with Crippen LogP contribution in [0.25, 0.3) is 0 Å². The van der Waals surface area contributed by atoms with Crippen molar-refractivity contribution < 1.29 is 18.0 Å².